The summed E-state index contributed by atoms with van der Waals surface area (Å²) in [4.78, 5) is 43.8. The highest BCUT2D eigenvalue weighted by molar-refractivity contribution is 6.01. The Labute approximate surface area is 178 Å². The molecule has 10 heteroatoms. The predicted octanol–water partition coefficient (Wildman–Crippen LogP) is 2.79. The fraction of sp³-hybridized carbons (Fsp3) is 0.524. The molecular formula is C21H25F3N4O3. The molecule has 2 aliphatic heterocycles. The van der Waals surface area contributed by atoms with Gasteiger partial charge in [0.1, 0.15) is 17.9 Å². The van der Waals surface area contributed by atoms with Crippen LogP contribution in [0, 0.1) is 5.41 Å². The van der Waals surface area contributed by atoms with Crippen LogP contribution in [-0.4, -0.2) is 41.3 Å². The zero-order valence-electron chi connectivity index (χ0n) is 17.5. The fourth-order valence-electron chi connectivity index (χ4n) is 3.78. The number of amides is 2. The van der Waals surface area contributed by atoms with E-state index < -0.39 is 42.9 Å². The number of ketones is 1. The van der Waals surface area contributed by atoms with E-state index in [1.807, 2.05) is 18.7 Å². The average molecular weight is 438 g/mol. The lowest BCUT2D eigenvalue weighted by Crippen LogP contribution is -2.47. The molecule has 7 nitrogen and oxygen atoms in total. The van der Waals surface area contributed by atoms with Crippen LogP contribution < -0.4 is 15.5 Å². The Morgan fingerprint density at radius 1 is 1.35 bits per heavy atom. The number of hydrogen-bond donors (Lipinski definition) is 2. The van der Waals surface area contributed by atoms with Crippen LogP contribution in [0.2, 0.25) is 0 Å². The van der Waals surface area contributed by atoms with Crippen LogP contribution in [0.3, 0.4) is 0 Å². The van der Waals surface area contributed by atoms with Crippen LogP contribution in [-0.2, 0) is 14.4 Å². The molecule has 2 aliphatic rings. The summed E-state index contributed by atoms with van der Waals surface area (Å²) in [6.45, 7) is 6.10. The van der Waals surface area contributed by atoms with Crippen molar-refractivity contribution in [1.29, 1.82) is 0 Å². The molecule has 0 aromatic carbocycles. The van der Waals surface area contributed by atoms with E-state index in [1.165, 1.54) is 13.0 Å². The van der Waals surface area contributed by atoms with E-state index in [4.69, 9.17) is 0 Å². The van der Waals surface area contributed by atoms with Crippen molar-refractivity contribution >= 4 is 23.4 Å². The number of alkyl halides is 3. The lowest BCUT2D eigenvalue weighted by atomic mass is 9.88. The molecule has 0 unspecified atom stereocenters. The van der Waals surface area contributed by atoms with Crippen LogP contribution >= 0.6 is 0 Å². The number of rotatable bonds is 5. The minimum absolute atomic E-state index is 0.233. The van der Waals surface area contributed by atoms with Gasteiger partial charge in [-0.25, -0.2) is 4.98 Å². The van der Waals surface area contributed by atoms with Crippen LogP contribution in [0.1, 0.15) is 51.6 Å². The monoisotopic (exact) mass is 438 g/mol. The number of pyridine rings is 1. The normalized spacial score (nSPS) is 20.8. The topological polar surface area (TPSA) is 91.4 Å². The second-order valence-electron chi connectivity index (χ2n) is 8.48. The number of allylic oxidation sites excluding steroid dienone is 1. The number of nitrogens with one attached hydrogen (secondary N) is 2. The molecule has 1 aromatic heterocycles. The van der Waals surface area contributed by atoms with Gasteiger partial charge in [-0.15, -0.1) is 0 Å². The lowest BCUT2D eigenvalue weighted by Gasteiger charge is -2.25. The molecule has 2 amide bonds. The quantitative estimate of drug-likeness (QED) is 0.738. The minimum atomic E-state index is -4.46. The first-order valence-electron chi connectivity index (χ1n) is 10.0. The van der Waals surface area contributed by atoms with Gasteiger partial charge in [0.2, 0.25) is 11.8 Å². The summed E-state index contributed by atoms with van der Waals surface area (Å²) in [6, 6.07) is 1.25. The van der Waals surface area contributed by atoms with E-state index in [1.54, 1.807) is 18.3 Å². The molecule has 3 heterocycles. The zero-order valence-corrected chi connectivity index (χ0v) is 17.5. The number of nitrogens with zero attached hydrogens (tertiary/aromatic N) is 2. The first kappa shape index (κ1) is 22.8. The van der Waals surface area contributed by atoms with Gasteiger partial charge in [-0.05, 0) is 19.4 Å². The average Bonchev–Trinajstić information content (AvgIpc) is 2.91. The van der Waals surface area contributed by atoms with Crippen molar-refractivity contribution in [3.63, 3.8) is 0 Å². The highest BCUT2D eigenvalue weighted by atomic mass is 19.4. The van der Waals surface area contributed by atoms with E-state index >= 15 is 0 Å². The Bertz CT molecular complexity index is 927. The minimum Gasteiger partial charge on any atom is -0.345 e. The molecule has 0 spiro atoms. The van der Waals surface area contributed by atoms with E-state index in [-0.39, 0.29) is 11.2 Å². The van der Waals surface area contributed by atoms with Crippen LogP contribution in [0.4, 0.5) is 19.0 Å². The lowest BCUT2D eigenvalue weighted by molar-refractivity contribution is -0.144. The fourth-order valence-corrected chi connectivity index (χ4v) is 3.78. The SMILES string of the molecule is C[C@H](NC(=O)CCC(F)(F)F)C(=O)N[C@@H]1C(=O)C=C2N(CCC2(C)C)c2ncccc21. The number of carbonyl (C=O) groups excluding carboxylic acids is 3. The van der Waals surface area contributed by atoms with Crippen molar-refractivity contribution in [3.05, 3.63) is 35.7 Å². The highest BCUT2D eigenvalue weighted by Gasteiger charge is 2.41. The van der Waals surface area contributed by atoms with Gasteiger partial charge in [0.05, 0.1) is 6.42 Å². The van der Waals surface area contributed by atoms with E-state index in [0.29, 0.717) is 17.9 Å². The van der Waals surface area contributed by atoms with E-state index in [2.05, 4.69) is 15.6 Å². The van der Waals surface area contributed by atoms with Gasteiger partial charge in [0.25, 0.3) is 0 Å². The Kier molecular flexibility index (Phi) is 6.11. The number of halogens is 3. The number of hydrogen-bond acceptors (Lipinski definition) is 5. The van der Waals surface area contributed by atoms with Crippen molar-refractivity contribution in [1.82, 2.24) is 15.6 Å². The summed E-state index contributed by atoms with van der Waals surface area (Å²) in [5, 5.41) is 4.87. The summed E-state index contributed by atoms with van der Waals surface area (Å²) >= 11 is 0. The molecule has 1 fully saturated rings. The Morgan fingerprint density at radius 2 is 2.06 bits per heavy atom. The second-order valence-corrected chi connectivity index (χ2v) is 8.48. The number of anilines is 1. The van der Waals surface area contributed by atoms with Gasteiger partial charge in [0.15, 0.2) is 5.78 Å². The summed E-state index contributed by atoms with van der Waals surface area (Å²) in [6.07, 6.45) is -2.52. The summed E-state index contributed by atoms with van der Waals surface area (Å²) < 4.78 is 36.8. The molecule has 31 heavy (non-hydrogen) atoms. The van der Waals surface area contributed by atoms with Gasteiger partial charge in [-0.3, -0.25) is 14.4 Å². The van der Waals surface area contributed by atoms with Crippen LogP contribution in [0.5, 0.6) is 0 Å². The Morgan fingerprint density at radius 3 is 2.74 bits per heavy atom. The Balaban J connectivity index is 1.77. The maximum Gasteiger partial charge on any atom is 0.389 e. The van der Waals surface area contributed by atoms with Gasteiger partial charge >= 0.3 is 6.18 Å². The van der Waals surface area contributed by atoms with Gasteiger partial charge in [-0.2, -0.15) is 13.2 Å². The summed E-state index contributed by atoms with van der Waals surface area (Å²) in [5.41, 5.74) is 1.12. The molecular weight excluding hydrogens is 413 g/mol. The van der Waals surface area contributed by atoms with Crippen LogP contribution in [0.25, 0.3) is 0 Å². The largest absolute Gasteiger partial charge is 0.389 e. The summed E-state index contributed by atoms with van der Waals surface area (Å²) in [7, 11) is 0. The van der Waals surface area contributed by atoms with Gasteiger partial charge in [-0.1, -0.05) is 19.9 Å². The molecule has 2 N–H and O–H groups in total. The van der Waals surface area contributed by atoms with Crippen molar-refractivity contribution in [2.75, 3.05) is 11.4 Å². The number of aromatic nitrogens is 1. The maximum atomic E-state index is 13.0. The molecule has 0 saturated carbocycles. The third kappa shape index (κ3) is 5.05. The number of carbonyl (C=O) groups is 3. The number of fused-ring (bicyclic) bond motifs is 3. The van der Waals surface area contributed by atoms with Crippen molar-refractivity contribution < 1.29 is 27.6 Å². The molecule has 1 saturated heterocycles. The van der Waals surface area contributed by atoms with Gasteiger partial charge < -0.3 is 15.5 Å². The van der Waals surface area contributed by atoms with Gasteiger partial charge in [0, 0.05) is 41.9 Å². The highest BCUT2D eigenvalue weighted by Crippen LogP contribution is 2.45. The molecule has 1 aromatic rings. The molecule has 0 bridgehead atoms. The smallest absolute Gasteiger partial charge is 0.345 e. The third-order valence-electron chi connectivity index (χ3n) is 5.58. The molecule has 2 atom stereocenters. The van der Waals surface area contributed by atoms with Crippen LogP contribution in [0.15, 0.2) is 30.1 Å². The standard InChI is InChI=1S/C21H25F3N4O3/c1-12(26-16(30)6-7-21(22,23)24)19(31)27-17-13-5-4-9-25-18(13)28-10-8-20(2,3)15(28)11-14(17)29/h4-5,9,11-12,17H,6-8,10H2,1-3H3,(H,26,30)(H,27,31)/t12-,17-/m0/s1. The third-order valence-corrected chi connectivity index (χ3v) is 5.58. The maximum absolute atomic E-state index is 13.0. The summed E-state index contributed by atoms with van der Waals surface area (Å²) in [5.74, 6) is -1.31. The van der Waals surface area contributed by atoms with E-state index in [0.717, 1.165) is 12.1 Å². The van der Waals surface area contributed by atoms with Crippen molar-refractivity contribution in [2.45, 2.75) is 58.3 Å². The van der Waals surface area contributed by atoms with Crippen molar-refractivity contribution in [3.8, 4) is 0 Å². The van der Waals surface area contributed by atoms with E-state index in [9.17, 15) is 27.6 Å². The first-order valence-corrected chi connectivity index (χ1v) is 10.0. The first-order chi connectivity index (χ1) is 14.4. The zero-order chi connectivity index (χ0) is 23.0. The Hall–Kier alpha value is -2.91. The molecule has 0 radical (unpaired) electrons. The molecule has 0 aliphatic carbocycles. The molecule has 3 rings (SSSR count). The molecule has 168 valence electrons. The predicted molar refractivity (Wildman–Crippen MR) is 107 cm³/mol. The van der Waals surface area contributed by atoms with Crippen molar-refractivity contribution in [2.24, 2.45) is 5.41 Å². The second kappa shape index (κ2) is 8.32.